The molecule has 3 aromatic carbocycles. The topological polar surface area (TPSA) is 89.5 Å². The molecule has 1 N–H and O–H groups in total. The van der Waals surface area contributed by atoms with Crippen molar-refractivity contribution < 1.29 is 22.5 Å². The smallest absolute Gasteiger partial charge is 0.311 e. The summed E-state index contributed by atoms with van der Waals surface area (Å²) in [6.45, 7) is 6.42. The van der Waals surface area contributed by atoms with Gasteiger partial charge in [0.25, 0.3) is 0 Å². The lowest BCUT2D eigenvalue weighted by atomic mass is 9.97. The lowest BCUT2D eigenvalue weighted by Crippen LogP contribution is -2.44. The van der Waals surface area contributed by atoms with Crippen molar-refractivity contribution in [1.29, 1.82) is 0 Å². The summed E-state index contributed by atoms with van der Waals surface area (Å²) < 4.78 is 47.2. The largest absolute Gasteiger partial charge is 0.462 e. The maximum Gasteiger partial charge on any atom is 0.311 e. The van der Waals surface area contributed by atoms with Crippen LogP contribution in [0.25, 0.3) is 0 Å². The molecule has 3 aromatic rings. The number of esters is 1. The molecule has 3 rings (SSSR count). The van der Waals surface area contributed by atoms with Crippen molar-refractivity contribution in [3.8, 4) is 0 Å². The summed E-state index contributed by atoms with van der Waals surface area (Å²) in [4.78, 5) is 12.5. The van der Waals surface area contributed by atoms with Crippen molar-refractivity contribution in [2.24, 2.45) is 5.41 Å². The molecule has 0 amide bonds. The molecule has 0 aromatic heterocycles. The SMILES string of the molecule is Cc1ccc(S(=O)(=O)C(COC(=O)C(C)(C)C)NP(=O)(c2ccccc2)c2ccccc2)cc1. The van der Waals surface area contributed by atoms with Gasteiger partial charge in [0.05, 0.1) is 10.3 Å². The maximum absolute atomic E-state index is 14.5. The minimum absolute atomic E-state index is 0.0510. The van der Waals surface area contributed by atoms with Crippen molar-refractivity contribution in [2.45, 2.75) is 38.0 Å². The molecule has 0 aliphatic heterocycles. The molecule has 8 heteroatoms. The third kappa shape index (κ3) is 5.84. The van der Waals surface area contributed by atoms with E-state index in [4.69, 9.17) is 4.74 Å². The molecule has 1 unspecified atom stereocenters. The number of hydrogen-bond acceptors (Lipinski definition) is 5. The first kappa shape index (κ1) is 25.9. The van der Waals surface area contributed by atoms with E-state index in [1.54, 1.807) is 93.6 Å². The van der Waals surface area contributed by atoms with Gasteiger partial charge in [-0.2, -0.15) is 0 Å². The Balaban J connectivity index is 2.09. The Morgan fingerprint density at radius 1 is 0.882 bits per heavy atom. The highest BCUT2D eigenvalue weighted by atomic mass is 32.2. The number of benzene rings is 3. The lowest BCUT2D eigenvalue weighted by molar-refractivity contribution is -0.152. The third-order valence-electron chi connectivity index (χ3n) is 5.27. The zero-order valence-electron chi connectivity index (χ0n) is 19.8. The number of aryl methyl sites for hydroxylation is 1. The van der Waals surface area contributed by atoms with E-state index in [9.17, 15) is 17.8 Å². The van der Waals surface area contributed by atoms with E-state index >= 15 is 0 Å². The Morgan fingerprint density at radius 3 is 1.79 bits per heavy atom. The molecule has 0 saturated carbocycles. The minimum Gasteiger partial charge on any atom is -0.462 e. The monoisotopic (exact) mass is 499 g/mol. The van der Waals surface area contributed by atoms with E-state index in [1.807, 2.05) is 6.92 Å². The van der Waals surface area contributed by atoms with Crippen LogP contribution in [0, 0.1) is 12.3 Å². The molecule has 0 bridgehead atoms. The summed E-state index contributed by atoms with van der Waals surface area (Å²) in [6.07, 6.45) is 0. The highest BCUT2D eigenvalue weighted by Crippen LogP contribution is 2.40. The van der Waals surface area contributed by atoms with Crippen LogP contribution in [0.1, 0.15) is 26.3 Å². The van der Waals surface area contributed by atoms with Crippen molar-refractivity contribution in [2.75, 3.05) is 6.61 Å². The van der Waals surface area contributed by atoms with Gasteiger partial charge in [0, 0.05) is 10.6 Å². The lowest BCUT2D eigenvalue weighted by Gasteiger charge is -2.27. The first-order chi connectivity index (χ1) is 15.9. The number of carbonyl (C=O) groups is 1. The van der Waals surface area contributed by atoms with Crippen molar-refractivity contribution >= 4 is 33.7 Å². The molecule has 0 saturated heterocycles. The fourth-order valence-electron chi connectivity index (χ4n) is 3.23. The predicted molar refractivity (Wildman–Crippen MR) is 135 cm³/mol. The van der Waals surface area contributed by atoms with Gasteiger partial charge >= 0.3 is 5.97 Å². The Morgan fingerprint density at radius 2 is 1.35 bits per heavy atom. The third-order valence-corrected chi connectivity index (χ3v) is 10.1. The first-order valence-corrected chi connectivity index (χ1v) is 14.2. The minimum atomic E-state index is -4.07. The van der Waals surface area contributed by atoms with E-state index in [1.165, 1.54) is 12.1 Å². The van der Waals surface area contributed by atoms with Gasteiger partial charge in [-0.25, -0.2) is 13.5 Å². The summed E-state index contributed by atoms with van der Waals surface area (Å²) in [5, 5.41) is 2.38. The van der Waals surface area contributed by atoms with E-state index < -0.39 is 40.5 Å². The number of ether oxygens (including phenoxy) is 1. The Bertz CT molecular complexity index is 1220. The fourth-order valence-corrected chi connectivity index (χ4v) is 7.59. The molecular formula is C26H30NO5PS. The summed E-state index contributed by atoms with van der Waals surface area (Å²) in [7, 11) is -7.70. The van der Waals surface area contributed by atoms with Gasteiger partial charge in [-0.1, -0.05) is 54.1 Å². The van der Waals surface area contributed by atoms with Gasteiger partial charge < -0.3 is 4.74 Å². The summed E-state index contributed by atoms with van der Waals surface area (Å²) in [5.74, 6) is -0.548. The number of rotatable bonds is 8. The molecule has 0 fully saturated rings. The number of carbonyl (C=O) groups excluding carboxylic acids is 1. The highest BCUT2D eigenvalue weighted by Gasteiger charge is 2.38. The van der Waals surface area contributed by atoms with Gasteiger partial charge in [-0.05, 0) is 64.1 Å². The quantitative estimate of drug-likeness (QED) is 0.369. The Labute approximate surface area is 201 Å². The van der Waals surface area contributed by atoms with Crippen molar-refractivity contribution in [1.82, 2.24) is 5.09 Å². The summed E-state index contributed by atoms with van der Waals surface area (Å²) >= 11 is 0. The van der Waals surface area contributed by atoms with Crippen LogP contribution in [0.3, 0.4) is 0 Å². The average molecular weight is 500 g/mol. The Kier molecular flexibility index (Phi) is 7.81. The van der Waals surface area contributed by atoms with Crippen LogP contribution < -0.4 is 15.7 Å². The zero-order valence-corrected chi connectivity index (χ0v) is 21.5. The van der Waals surface area contributed by atoms with Crippen LogP contribution >= 0.6 is 7.29 Å². The van der Waals surface area contributed by atoms with Crippen LogP contribution in [0.15, 0.2) is 89.8 Å². The highest BCUT2D eigenvalue weighted by molar-refractivity contribution is 7.92. The van der Waals surface area contributed by atoms with E-state index in [0.717, 1.165) is 5.56 Å². The molecule has 180 valence electrons. The summed E-state index contributed by atoms with van der Waals surface area (Å²) in [6, 6.07) is 23.7. The molecular weight excluding hydrogens is 469 g/mol. The molecule has 0 aliphatic carbocycles. The standard InChI is InChI=1S/C26H30NO5PS/c1-20-15-17-23(18-16-20)34(30,31)24(19-32-25(28)26(2,3)4)27-33(29,21-11-7-5-8-12-21)22-13-9-6-10-14-22/h5-18,24H,19H2,1-4H3,(H,27,29). The van der Waals surface area contributed by atoms with Crippen LogP contribution in [0.5, 0.6) is 0 Å². The van der Waals surface area contributed by atoms with Crippen LogP contribution in [-0.2, 0) is 23.9 Å². The molecule has 0 heterocycles. The summed E-state index contributed by atoms with van der Waals surface area (Å²) in [5.41, 5.74) is 0.0858. The molecule has 0 aliphatic rings. The van der Waals surface area contributed by atoms with Gasteiger partial charge in [0.2, 0.25) is 7.29 Å². The number of hydrogen-bond donors (Lipinski definition) is 1. The molecule has 0 spiro atoms. The average Bonchev–Trinajstić information content (AvgIpc) is 2.82. The van der Waals surface area contributed by atoms with Crippen molar-refractivity contribution in [3.05, 3.63) is 90.5 Å². The van der Waals surface area contributed by atoms with Gasteiger partial charge in [0.15, 0.2) is 15.2 Å². The van der Waals surface area contributed by atoms with Gasteiger partial charge in [0.1, 0.15) is 6.61 Å². The second kappa shape index (κ2) is 10.3. The normalized spacial score (nSPS) is 13.3. The number of nitrogens with one attached hydrogen (secondary N) is 1. The van der Waals surface area contributed by atoms with Crippen LogP contribution in [0.2, 0.25) is 0 Å². The van der Waals surface area contributed by atoms with Crippen LogP contribution in [-0.4, -0.2) is 26.4 Å². The first-order valence-electron chi connectivity index (χ1n) is 10.9. The molecule has 6 nitrogen and oxygen atoms in total. The van der Waals surface area contributed by atoms with Crippen molar-refractivity contribution in [3.63, 3.8) is 0 Å². The van der Waals surface area contributed by atoms with E-state index in [0.29, 0.717) is 10.6 Å². The second-order valence-electron chi connectivity index (χ2n) is 9.10. The zero-order chi connectivity index (χ0) is 25.0. The molecule has 1 atom stereocenters. The number of sulfone groups is 1. The molecule has 0 radical (unpaired) electrons. The van der Waals surface area contributed by atoms with Gasteiger partial charge in [-0.15, -0.1) is 0 Å². The Hall–Kier alpha value is -2.73. The maximum atomic E-state index is 14.5. The fraction of sp³-hybridized carbons (Fsp3) is 0.269. The van der Waals surface area contributed by atoms with E-state index in [2.05, 4.69) is 5.09 Å². The predicted octanol–water partition coefficient (Wildman–Crippen LogP) is 4.20. The van der Waals surface area contributed by atoms with E-state index in [-0.39, 0.29) is 4.90 Å². The molecule has 34 heavy (non-hydrogen) atoms. The van der Waals surface area contributed by atoms with Gasteiger partial charge in [-0.3, -0.25) is 9.36 Å². The van der Waals surface area contributed by atoms with Crippen LogP contribution in [0.4, 0.5) is 0 Å². The second-order valence-corrected chi connectivity index (χ2v) is 13.7.